The van der Waals surface area contributed by atoms with Gasteiger partial charge in [0.05, 0.1) is 6.04 Å². The van der Waals surface area contributed by atoms with E-state index < -0.39 is 0 Å². The lowest BCUT2D eigenvalue weighted by atomic mass is 10.1. The number of nitrogens with zero attached hydrogens (tertiary/aromatic N) is 4. The summed E-state index contributed by atoms with van der Waals surface area (Å²) in [6, 6.07) is 11.4. The summed E-state index contributed by atoms with van der Waals surface area (Å²) in [4.78, 5) is 15.7. The van der Waals surface area contributed by atoms with Gasteiger partial charge in [0.1, 0.15) is 0 Å². The lowest BCUT2D eigenvalue weighted by Crippen LogP contribution is -2.34. The van der Waals surface area contributed by atoms with Crippen LogP contribution in [0.2, 0.25) is 0 Å². The third-order valence-electron chi connectivity index (χ3n) is 3.70. The monoisotopic (exact) mass is 342 g/mol. The van der Waals surface area contributed by atoms with Gasteiger partial charge in [-0.2, -0.15) is 5.21 Å². The van der Waals surface area contributed by atoms with E-state index in [1.165, 1.54) is 4.88 Å². The Kier molecular flexibility index (Phi) is 4.97. The number of carbonyl (C=O) groups excluding carboxylic acids is 1. The van der Waals surface area contributed by atoms with E-state index in [0.717, 1.165) is 5.56 Å². The van der Waals surface area contributed by atoms with Crippen molar-refractivity contribution in [3.63, 3.8) is 0 Å². The van der Waals surface area contributed by atoms with Crippen molar-refractivity contribution < 1.29 is 4.79 Å². The SMILES string of the molecule is CN(C)[C@@H](CNC(=O)c1ccc(-c2nn[nH]n2)cc1)c1cccs1. The largest absolute Gasteiger partial charge is 0.350 e. The van der Waals surface area contributed by atoms with Gasteiger partial charge >= 0.3 is 0 Å². The zero-order chi connectivity index (χ0) is 16.9. The molecule has 0 radical (unpaired) electrons. The predicted octanol–water partition coefficient (Wildman–Crippen LogP) is 1.96. The molecule has 124 valence electrons. The van der Waals surface area contributed by atoms with Gasteiger partial charge in [0, 0.05) is 22.5 Å². The van der Waals surface area contributed by atoms with Gasteiger partial charge in [-0.05, 0) is 42.9 Å². The fourth-order valence-electron chi connectivity index (χ4n) is 2.36. The Labute approximate surface area is 143 Å². The van der Waals surface area contributed by atoms with Crippen LogP contribution in [-0.2, 0) is 0 Å². The van der Waals surface area contributed by atoms with Crippen LogP contribution in [0, 0.1) is 0 Å². The van der Waals surface area contributed by atoms with Crippen molar-refractivity contribution in [3.05, 3.63) is 52.2 Å². The molecule has 8 heteroatoms. The molecule has 2 aromatic heterocycles. The number of amides is 1. The van der Waals surface area contributed by atoms with E-state index in [1.54, 1.807) is 23.5 Å². The fourth-order valence-corrected chi connectivity index (χ4v) is 3.29. The molecule has 7 nitrogen and oxygen atoms in total. The average molecular weight is 342 g/mol. The van der Waals surface area contributed by atoms with Crippen molar-refractivity contribution in [1.29, 1.82) is 0 Å². The van der Waals surface area contributed by atoms with Gasteiger partial charge in [0.15, 0.2) is 0 Å². The summed E-state index contributed by atoms with van der Waals surface area (Å²) >= 11 is 1.69. The number of hydrogen-bond acceptors (Lipinski definition) is 6. The van der Waals surface area contributed by atoms with E-state index in [0.29, 0.717) is 17.9 Å². The number of nitrogens with one attached hydrogen (secondary N) is 2. The first-order valence-corrected chi connectivity index (χ1v) is 8.35. The van der Waals surface area contributed by atoms with Crippen LogP contribution in [-0.4, -0.2) is 52.1 Å². The number of benzene rings is 1. The normalized spacial score (nSPS) is 12.3. The second-order valence-corrected chi connectivity index (χ2v) is 6.50. The minimum absolute atomic E-state index is 0.0990. The van der Waals surface area contributed by atoms with E-state index in [1.807, 2.05) is 37.7 Å². The molecule has 1 atom stereocenters. The maximum Gasteiger partial charge on any atom is 0.251 e. The molecule has 0 saturated heterocycles. The molecule has 3 aromatic rings. The smallest absolute Gasteiger partial charge is 0.251 e. The molecule has 0 spiro atoms. The minimum atomic E-state index is -0.0990. The van der Waals surface area contributed by atoms with Crippen LogP contribution < -0.4 is 5.32 Å². The highest BCUT2D eigenvalue weighted by atomic mass is 32.1. The number of rotatable bonds is 6. The molecule has 0 aliphatic heterocycles. The van der Waals surface area contributed by atoms with E-state index in [9.17, 15) is 4.79 Å². The summed E-state index contributed by atoms with van der Waals surface area (Å²) in [5, 5.41) is 18.8. The molecule has 0 bridgehead atoms. The number of aromatic amines is 1. The molecule has 1 aromatic carbocycles. The van der Waals surface area contributed by atoms with Gasteiger partial charge < -0.3 is 10.2 Å². The van der Waals surface area contributed by atoms with Gasteiger partial charge in [0.25, 0.3) is 5.91 Å². The molecule has 2 heterocycles. The van der Waals surface area contributed by atoms with E-state index >= 15 is 0 Å². The van der Waals surface area contributed by atoms with Crippen LogP contribution in [0.15, 0.2) is 41.8 Å². The summed E-state index contributed by atoms with van der Waals surface area (Å²) in [6.07, 6.45) is 0. The number of hydrogen-bond donors (Lipinski definition) is 2. The summed E-state index contributed by atoms with van der Waals surface area (Å²) in [5.41, 5.74) is 1.41. The van der Waals surface area contributed by atoms with Gasteiger partial charge in [-0.15, -0.1) is 21.5 Å². The molecule has 1 amide bonds. The van der Waals surface area contributed by atoms with Gasteiger partial charge in [0.2, 0.25) is 5.82 Å². The second-order valence-electron chi connectivity index (χ2n) is 5.52. The molecular weight excluding hydrogens is 324 g/mol. The highest BCUT2D eigenvalue weighted by Gasteiger charge is 2.16. The summed E-state index contributed by atoms with van der Waals surface area (Å²) in [5.74, 6) is 0.408. The van der Waals surface area contributed by atoms with Crippen LogP contribution in [0.5, 0.6) is 0 Å². The Morgan fingerprint density at radius 1 is 1.29 bits per heavy atom. The number of aromatic nitrogens is 4. The third kappa shape index (κ3) is 3.66. The lowest BCUT2D eigenvalue weighted by Gasteiger charge is -2.23. The molecule has 0 saturated carbocycles. The van der Waals surface area contributed by atoms with Crippen LogP contribution in [0.25, 0.3) is 11.4 Å². The average Bonchev–Trinajstić information content (AvgIpc) is 3.28. The molecule has 0 aliphatic carbocycles. The Morgan fingerprint density at radius 3 is 2.67 bits per heavy atom. The highest BCUT2D eigenvalue weighted by molar-refractivity contribution is 7.10. The van der Waals surface area contributed by atoms with Crippen molar-refractivity contribution in [2.45, 2.75) is 6.04 Å². The first-order valence-electron chi connectivity index (χ1n) is 7.47. The van der Waals surface area contributed by atoms with Gasteiger partial charge in [-0.3, -0.25) is 4.79 Å². The fraction of sp³-hybridized carbons (Fsp3) is 0.250. The minimum Gasteiger partial charge on any atom is -0.350 e. The van der Waals surface area contributed by atoms with Crippen LogP contribution in [0.1, 0.15) is 21.3 Å². The van der Waals surface area contributed by atoms with Crippen molar-refractivity contribution in [2.75, 3.05) is 20.6 Å². The van der Waals surface area contributed by atoms with Crippen LogP contribution in [0.4, 0.5) is 0 Å². The standard InChI is InChI=1S/C16H18N6OS/c1-22(2)13(14-4-3-9-24-14)10-17-16(23)12-7-5-11(6-8-12)15-18-20-21-19-15/h3-9,13H,10H2,1-2H3,(H,17,23)(H,18,19,20,21)/t13-/m0/s1. The summed E-state index contributed by atoms with van der Waals surface area (Å²) < 4.78 is 0. The van der Waals surface area contributed by atoms with Gasteiger partial charge in [-0.1, -0.05) is 18.2 Å². The molecule has 24 heavy (non-hydrogen) atoms. The zero-order valence-corrected chi connectivity index (χ0v) is 14.2. The number of thiophene rings is 1. The maximum atomic E-state index is 12.4. The highest BCUT2D eigenvalue weighted by Crippen LogP contribution is 2.22. The van der Waals surface area contributed by atoms with Crippen LogP contribution >= 0.6 is 11.3 Å². The van der Waals surface area contributed by atoms with E-state index in [2.05, 4.69) is 36.9 Å². The maximum absolute atomic E-state index is 12.4. The first kappa shape index (κ1) is 16.3. The van der Waals surface area contributed by atoms with E-state index in [4.69, 9.17) is 0 Å². The molecule has 0 aliphatic rings. The number of carbonyl (C=O) groups is 1. The number of tetrazole rings is 1. The second kappa shape index (κ2) is 7.33. The van der Waals surface area contributed by atoms with Crippen molar-refractivity contribution in [3.8, 4) is 11.4 Å². The Hall–Kier alpha value is -2.58. The van der Waals surface area contributed by atoms with E-state index in [-0.39, 0.29) is 11.9 Å². The first-order chi connectivity index (χ1) is 11.6. The third-order valence-corrected chi connectivity index (χ3v) is 4.68. The molecule has 0 fully saturated rings. The molecule has 2 N–H and O–H groups in total. The molecule has 3 rings (SSSR count). The molecular formula is C16H18N6OS. The Bertz CT molecular complexity index is 768. The number of likely N-dealkylation sites (N-methyl/N-ethyl adjacent to an activating group) is 1. The lowest BCUT2D eigenvalue weighted by molar-refractivity contribution is 0.0942. The van der Waals surface area contributed by atoms with Gasteiger partial charge in [-0.25, -0.2) is 0 Å². The number of H-pyrrole nitrogens is 1. The quantitative estimate of drug-likeness (QED) is 0.715. The predicted molar refractivity (Wildman–Crippen MR) is 92.7 cm³/mol. The zero-order valence-electron chi connectivity index (χ0n) is 13.4. The van der Waals surface area contributed by atoms with Crippen molar-refractivity contribution in [2.24, 2.45) is 0 Å². The summed E-state index contributed by atoms with van der Waals surface area (Å²) in [7, 11) is 4.02. The summed E-state index contributed by atoms with van der Waals surface area (Å²) in [6.45, 7) is 0.555. The Balaban J connectivity index is 1.64. The molecule has 0 unspecified atom stereocenters. The van der Waals surface area contributed by atoms with Crippen molar-refractivity contribution >= 4 is 17.2 Å². The van der Waals surface area contributed by atoms with Crippen LogP contribution in [0.3, 0.4) is 0 Å². The topological polar surface area (TPSA) is 86.8 Å². The van der Waals surface area contributed by atoms with Crippen molar-refractivity contribution in [1.82, 2.24) is 30.8 Å². The Morgan fingerprint density at radius 2 is 2.08 bits per heavy atom.